The van der Waals surface area contributed by atoms with Gasteiger partial charge in [-0.05, 0) is 38.3 Å². The number of nitrogens with one attached hydrogen (secondary N) is 1. The van der Waals surface area contributed by atoms with Crippen LogP contribution in [0.15, 0.2) is 5.38 Å². The zero-order valence-electron chi connectivity index (χ0n) is 11.2. The zero-order chi connectivity index (χ0) is 12.3. The molecule has 0 bridgehead atoms. The van der Waals surface area contributed by atoms with Crippen molar-refractivity contribution in [3.63, 3.8) is 0 Å². The predicted octanol–water partition coefficient (Wildman–Crippen LogP) is 3.44. The van der Waals surface area contributed by atoms with Crippen molar-refractivity contribution >= 4 is 11.3 Å². The molecule has 1 aromatic heterocycles. The van der Waals surface area contributed by atoms with Crippen molar-refractivity contribution in [2.24, 2.45) is 11.8 Å². The highest BCUT2D eigenvalue weighted by molar-refractivity contribution is 7.09. The highest BCUT2D eigenvalue weighted by atomic mass is 32.1. The predicted molar refractivity (Wildman–Crippen MR) is 74.7 cm³/mol. The Labute approximate surface area is 109 Å². The second-order valence-electron chi connectivity index (χ2n) is 5.56. The Kier molecular flexibility index (Phi) is 4.57. The van der Waals surface area contributed by atoms with Gasteiger partial charge in [-0.2, -0.15) is 0 Å². The van der Waals surface area contributed by atoms with Gasteiger partial charge in [-0.15, -0.1) is 11.3 Å². The fraction of sp³-hybridized carbons (Fsp3) is 0.786. The van der Waals surface area contributed by atoms with Crippen molar-refractivity contribution in [3.8, 4) is 0 Å². The van der Waals surface area contributed by atoms with Crippen LogP contribution in [-0.4, -0.2) is 18.6 Å². The maximum atomic E-state index is 4.83. The SMILES string of the molecule is CNCC(Cc1nc(C2CCC2)cs1)C(C)C. The molecule has 0 spiro atoms. The van der Waals surface area contributed by atoms with Gasteiger partial charge in [0.25, 0.3) is 0 Å². The summed E-state index contributed by atoms with van der Waals surface area (Å²) in [5.74, 6) is 2.21. The summed E-state index contributed by atoms with van der Waals surface area (Å²) in [7, 11) is 2.04. The molecule has 0 saturated heterocycles. The van der Waals surface area contributed by atoms with E-state index in [1.54, 1.807) is 0 Å². The van der Waals surface area contributed by atoms with Crippen LogP contribution in [0.3, 0.4) is 0 Å². The molecule has 1 saturated carbocycles. The van der Waals surface area contributed by atoms with Crippen LogP contribution < -0.4 is 5.32 Å². The molecule has 3 heteroatoms. The number of rotatable bonds is 6. The fourth-order valence-corrected chi connectivity index (χ4v) is 3.31. The van der Waals surface area contributed by atoms with Gasteiger partial charge in [-0.1, -0.05) is 20.3 Å². The summed E-state index contributed by atoms with van der Waals surface area (Å²) < 4.78 is 0. The lowest BCUT2D eigenvalue weighted by atomic mass is 9.83. The molecular formula is C14H24N2S. The van der Waals surface area contributed by atoms with E-state index in [2.05, 4.69) is 24.5 Å². The molecule has 0 amide bonds. The minimum atomic E-state index is 0.709. The summed E-state index contributed by atoms with van der Waals surface area (Å²) in [5.41, 5.74) is 1.36. The molecule has 0 aliphatic heterocycles. The molecule has 1 unspecified atom stereocenters. The maximum Gasteiger partial charge on any atom is 0.0931 e. The van der Waals surface area contributed by atoms with E-state index in [1.807, 2.05) is 18.4 Å². The first kappa shape index (κ1) is 13.0. The van der Waals surface area contributed by atoms with Gasteiger partial charge >= 0.3 is 0 Å². The number of hydrogen-bond donors (Lipinski definition) is 1. The molecule has 1 aliphatic rings. The van der Waals surface area contributed by atoms with Crippen molar-refractivity contribution in [1.29, 1.82) is 0 Å². The highest BCUT2D eigenvalue weighted by Gasteiger charge is 2.23. The lowest BCUT2D eigenvalue weighted by molar-refractivity contribution is 0.368. The second-order valence-corrected chi connectivity index (χ2v) is 6.50. The molecule has 0 radical (unpaired) electrons. The van der Waals surface area contributed by atoms with Gasteiger partial charge in [0.15, 0.2) is 0 Å². The maximum absolute atomic E-state index is 4.83. The minimum absolute atomic E-state index is 0.709. The Hall–Kier alpha value is -0.410. The average molecular weight is 252 g/mol. The summed E-state index contributed by atoms with van der Waals surface area (Å²) in [6.45, 7) is 5.71. The van der Waals surface area contributed by atoms with Crippen LogP contribution in [0.2, 0.25) is 0 Å². The molecule has 1 aromatic rings. The van der Waals surface area contributed by atoms with E-state index in [4.69, 9.17) is 4.98 Å². The second kappa shape index (κ2) is 5.96. The van der Waals surface area contributed by atoms with E-state index in [9.17, 15) is 0 Å². The number of nitrogens with zero attached hydrogens (tertiary/aromatic N) is 1. The Morgan fingerprint density at radius 3 is 2.76 bits per heavy atom. The van der Waals surface area contributed by atoms with E-state index >= 15 is 0 Å². The molecule has 1 aliphatic carbocycles. The lowest BCUT2D eigenvalue weighted by Crippen LogP contribution is -2.25. The summed E-state index contributed by atoms with van der Waals surface area (Å²) in [6.07, 6.45) is 5.24. The fourth-order valence-electron chi connectivity index (χ4n) is 2.34. The van der Waals surface area contributed by atoms with Gasteiger partial charge in [-0.3, -0.25) is 0 Å². The van der Waals surface area contributed by atoms with Crippen molar-refractivity contribution in [2.75, 3.05) is 13.6 Å². The summed E-state index contributed by atoms with van der Waals surface area (Å²) in [4.78, 5) is 4.83. The number of hydrogen-bond acceptors (Lipinski definition) is 3. The van der Waals surface area contributed by atoms with Gasteiger partial charge in [-0.25, -0.2) is 4.98 Å². The Morgan fingerprint density at radius 2 is 2.24 bits per heavy atom. The van der Waals surface area contributed by atoms with Gasteiger partial charge < -0.3 is 5.32 Å². The van der Waals surface area contributed by atoms with E-state index in [0.29, 0.717) is 5.92 Å². The average Bonchev–Trinajstić information content (AvgIpc) is 2.63. The van der Waals surface area contributed by atoms with Crippen LogP contribution in [0.25, 0.3) is 0 Å². The monoisotopic (exact) mass is 252 g/mol. The normalized spacial score (nSPS) is 18.4. The van der Waals surface area contributed by atoms with Crippen LogP contribution in [0.5, 0.6) is 0 Å². The minimum Gasteiger partial charge on any atom is -0.319 e. The standard InChI is InChI=1S/C14H24N2S/c1-10(2)12(8-15-3)7-14-16-13(9-17-14)11-5-4-6-11/h9-12,15H,4-8H2,1-3H3. The number of thiazole rings is 1. The molecule has 2 nitrogen and oxygen atoms in total. The Morgan fingerprint density at radius 1 is 1.47 bits per heavy atom. The van der Waals surface area contributed by atoms with Gasteiger partial charge in [0, 0.05) is 17.7 Å². The molecule has 1 N–H and O–H groups in total. The number of aromatic nitrogens is 1. The van der Waals surface area contributed by atoms with Crippen LogP contribution in [-0.2, 0) is 6.42 Å². The first-order valence-electron chi connectivity index (χ1n) is 6.79. The van der Waals surface area contributed by atoms with Crippen molar-refractivity contribution in [2.45, 2.75) is 45.4 Å². The summed E-state index contributed by atoms with van der Waals surface area (Å²) in [5, 5.41) is 6.92. The first-order chi connectivity index (χ1) is 8.20. The molecular weight excluding hydrogens is 228 g/mol. The van der Waals surface area contributed by atoms with Crippen molar-refractivity contribution in [3.05, 3.63) is 16.1 Å². The van der Waals surface area contributed by atoms with Crippen LogP contribution in [0, 0.1) is 11.8 Å². The zero-order valence-corrected chi connectivity index (χ0v) is 12.0. The van der Waals surface area contributed by atoms with Gasteiger partial charge in [0.05, 0.1) is 10.7 Å². The van der Waals surface area contributed by atoms with E-state index in [-0.39, 0.29) is 0 Å². The van der Waals surface area contributed by atoms with Gasteiger partial charge in [0.1, 0.15) is 0 Å². The van der Waals surface area contributed by atoms with Gasteiger partial charge in [0.2, 0.25) is 0 Å². The first-order valence-corrected chi connectivity index (χ1v) is 7.67. The largest absolute Gasteiger partial charge is 0.319 e. The molecule has 1 heterocycles. The molecule has 1 fully saturated rings. The molecule has 2 rings (SSSR count). The lowest BCUT2D eigenvalue weighted by Gasteiger charge is -2.23. The van der Waals surface area contributed by atoms with E-state index in [1.165, 1.54) is 30.0 Å². The third-order valence-electron chi connectivity index (χ3n) is 3.94. The van der Waals surface area contributed by atoms with E-state index < -0.39 is 0 Å². The quantitative estimate of drug-likeness (QED) is 0.839. The Bertz CT molecular complexity index is 342. The molecule has 96 valence electrons. The molecule has 0 aromatic carbocycles. The van der Waals surface area contributed by atoms with Crippen molar-refractivity contribution in [1.82, 2.24) is 10.3 Å². The Balaban J connectivity index is 1.94. The summed E-state index contributed by atoms with van der Waals surface area (Å²) in [6, 6.07) is 0. The summed E-state index contributed by atoms with van der Waals surface area (Å²) >= 11 is 1.86. The van der Waals surface area contributed by atoms with Crippen molar-refractivity contribution < 1.29 is 0 Å². The third kappa shape index (κ3) is 3.29. The molecule has 1 atom stereocenters. The topological polar surface area (TPSA) is 24.9 Å². The van der Waals surface area contributed by atoms with Crippen LogP contribution in [0.4, 0.5) is 0 Å². The third-order valence-corrected chi connectivity index (χ3v) is 4.83. The van der Waals surface area contributed by atoms with Crippen LogP contribution in [0.1, 0.15) is 49.7 Å². The molecule has 17 heavy (non-hydrogen) atoms. The highest BCUT2D eigenvalue weighted by Crippen LogP contribution is 2.36. The van der Waals surface area contributed by atoms with E-state index in [0.717, 1.165) is 24.8 Å². The van der Waals surface area contributed by atoms with Crippen LogP contribution >= 0.6 is 11.3 Å². The smallest absolute Gasteiger partial charge is 0.0931 e.